The Kier molecular flexibility index (Phi) is 2.37. The van der Waals surface area contributed by atoms with E-state index in [9.17, 15) is 0 Å². The van der Waals surface area contributed by atoms with Crippen molar-refractivity contribution in [2.45, 2.75) is 32.1 Å². The summed E-state index contributed by atoms with van der Waals surface area (Å²) in [5.74, 6) is 1.01. The molecule has 1 heterocycles. The summed E-state index contributed by atoms with van der Waals surface area (Å²) < 4.78 is 5.37. The molecule has 0 aromatic carbocycles. The van der Waals surface area contributed by atoms with Gasteiger partial charge in [0, 0.05) is 13.2 Å². The molecule has 0 atom stereocenters. The molecule has 2 nitrogen and oxygen atoms in total. The van der Waals surface area contributed by atoms with Crippen molar-refractivity contribution in [3.05, 3.63) is 0 Å². The van der Waals surface area contributed by atoms with E-state index in [1.54, 1.807) is 0 Å². The molecule has 1 saturated heterocycles. The molecular weight excluding hydrogens is 150 g/mol. The van der Waals surface area contributed by atoms with Crippen LogP contribution in [0.5, 0.6) is 0 Å². The average molecular weight is 169 g/mol. The van der Waals surface area contributed by atoms with E-state index < -0.39 is 0 Å². The monoisotopic (exact) mass is 169 g/mol. The lowest BCUT2D eigenvalue weighted by Gasteiger charge is -2.36. The maximum atomic E-state index is 5.86. The van der Waals surface area contributed by atoms with Crippen LogP contribution in [0.25, 0.3) is 0 Å². The van der Waals surface area contributed by atoms with Crippen molar-refractivity contribution in [2.24, 2.45) is 17.1 Å². The zero-order valence-corrected chi connectivity index (χ0v) is 7.72. The quantitative estimate of drug-likeness (QED) is 0.695. The summed E-state index contributed by atoms with van der Waals surface area (Å²) in [7, 11) is 0. The number of hydrogen-bond donors (Lipinski definition) is 1. The Morgan fingerprint density at radius 2 is 1.92 bits per heavy atom. The first-order valence-corrected chi connectivity index (χ1v) is 5.12. The van der Waals surface area contributed by atoms with E-state index >= 15 is 0 Å². The Morgan fingerprint density at radius 3 is 2.42 bits per heavy atom. The highest BCUT2D eigenvalue weighted by Gasteiger charge is 2.37. The van der Waals surface area contributed by atoms with Crippen LogP contribution in [-0.4, -0.2) is 19.8 Å². The molecule has 0 radical (unpaired) electrons. The van der Waals surface area contributed by atoms with Gasteiger partial charge in [0.1, 0.15) is 0 Å². The molecule has 2 N–H and O–H groups in total. The Morgan fingerprint density at radius 1 is 1.25 bits per heavy atom. The molecule has 0 unspecified atom stereocenters. The van der Waals surface area contributed by atoms with Crippen molar-refractivity contribution in [3.63, 3.8) is 0 Å². The van der Waals surface area contributed by atoms with Crippen LogP contribution >= 0.6 is 0 Å². The van der Waals surface area contributed by atoms with Gasteiger partial charge in [-0.25, -0.2) is 0 Å². The molecular formula is C10H19NO. The molecule has 2 rings (SSSR count). The SMILES string of the molecule is NCC1(CC2CC2)CCOCC1. The summed E-state index contributed by atoms with van der Waals surface area (Å²) in [4.78, 5) is 0. The Labute approximate surface area is 74.5 Å². The Hall–Kier alpha value is -0.0800. The van der Waals surface area contributed by atoms with E-state index in [2.05, 4.69) is 0 Å². The van der Waals surface area contributed by atoms with Crippen LogP contribution in [0.3, 0.4) is 0 Å². The van der Waals surface area contributed by atoms with Gasteiger partial charge in [0.15, 0.2) is 0 Å². The van der Waals surface area contributed by atoms with Gasteiger partial charge in [-0.05, 0) is 37.1 Å². The van der Waals surface area contributed by atoms with E-state index in [0.717, 1.165) is 25.7 Å². The summed E-state index contributed by atoms with van der Waals surface area (Å²) in [6, 6.07) is 0. The molecule has 70 valence electrons. The first-order valence-electron chi connectivity index (χ1n) is 5.12. The second kappa shape index (κ2) is 3.35. The number of hydrogen-bond acceptors (Lipinski definition) is 2. The lowest BCUT2D eigenvalue weighted by atomic mass is 9.76. The summed E-state index contributed by atoms with van der Waals surface area (Å²) in [6.45, 7) is 2.74. The normalized spacial score (nSPS) is 28.8. The van der Waals surface area contributed by atoms with Gasteiger partial charge in [0.05, 0.1) is 0 Å². The average Bonchev–Trinajstić information content (AvgIpc) is 2.90. The number of rotatable bonds is 3. The summed E-state index contributed by atoms with van der Waals surface area (Å²) in [5, 5.41) is 0. The van der Waals surface area contributed by atoms with Crippen LogP contribution in [0, 0.1) is 11.3 Å². The Balaban J connectivity index is 1.90. The van der Waals surface area contributed by atoms with Crippen LogP contribution in [-0.2, 0) is 4.74 Å². The van der Waals surface area contributed by atoms with E-state index in [-0.39, 0.29) is 0 Å². The fourth-order valence-corrected chi connectivity index (χ4v) is 2.23. The van der Waals surface area contributed by atoms with Gasteiger partial charge < -0.3 is 10.5 Å². The molecule has 0 amide bonds. The topological polar surface area (TPSA) is 35.2 Å². The third-order valence-electron chi connectivity index (χ3n) is 3.41. The van der Waals surface area contributed by atoms with Crippen LogP contribution in [0.1, 0.15) is 32.1 Å². The molecule has 1 saturated carbocycles. The second-order valence-corrected chi connectivity index (χ2v) is 4.46. The third kappa shape index (κ3) is 1.80. The van der Waals surface area contributed by atoms with E-state index in [1.807, 2.05) is 0 Å². The van der Waals surface area contributed by atoms with Crippen molar-refractivity contribution < 1.29 is 4.74 Å². The smallest absolute Gasteiger partial charge is 0.0471 e. The predicted octanol–water partition coefficient (Wildman–Crippen LogP) is 1.54. The second-order valence-electron chi connectivity index (χ2n) is 4.46. The van der Waals surface area contributed by atoms with E-state index in [4.69, 9.17) is 10.5 Å². The highest BCUT2D eigenvalue weighted by atomic mass is 16.5. The molecule has 1 aliphatic heterocycles. The van der Waals surface area contributed by atoms with Gasteiger partial charge >= 0.3 is 0 Å². The molecule has 2 fully saturated rings. The minimum atomic E-state index is 0.458. The first kappa shape index (κ1) is 8.52. The van der Waals surface area contributed by atoms with Crippen molar-refractivity contribution in [1.82, 2.24) is 0 Å². The fraction of sp³-hybridized carbons (Fsp3) is 1.00. The minimum Gasteiger partial charge on any atom is -0.381 e. The first-order chi connectivity index (χ1) is 5.85. The van der Waals surface area contributed by atoms with Crippen LogP contribution in [0.2, 0.25) is 0 Å². The van der Waals surface area contributed by atoms with Crippen LogP contribution < -0.4 is 5.73 Å². The minimum absolute atomic E-state index is 0.458. The van der Waals surface area contributed by atoms with Gasteiger partial charge in [-0.2, -0.15) is 0 Å². The Bertz CT molecular complexity index is 148. The van der Waals surface area contributed by atoms with Gasteiger partial charge in [0.2, 0.25) is 0 Å². The molecule has 0 aromatic rings. The zero-order valence-electron chi connectivity index (χ0n) is 7.72. The molecule has 2 aliphatic rings. The van der Waals surface area contributed by atoms with E-state index in [0.29, 0.717) is 5.41 Å². The number of ether oxygens (including phenoxy) is 1. The summed E-state index contributed by atoms with van der Waals surface area (Å²) >= 11 is 0. The molecule has 0 bridgehead atoms. The molecule has 0 spiro atoms. The largest absolute Gasteiger partial charge is 0.381 e. The lowest BCUT2D eigenvalue weighted by molar-refractivity contribution is 0.0120. The maximum Gasteiger partial charge on any atom is 0.0471 e. The summed E-state index contributed by atoms with van der Waals surface area (Å²) in [6.07, 6.45) is 6.65. The lowest BCUT2D eigenvalue weighted by Crippen LogP contribution is -2.37. The van der Waals surface area contributed by atoms with Crippen LogP contribution in [0.15, 0.2) is 0 Å². The maximum absolute atomic E-state index is 5.86. The molecule has 12 heavy (non-hydrogen) atoms. The number of nitrogens with two attached hydrogens (primary N) is 1. The predicted molar refractivity (Wildman–Crippen MR) is 48.9 cm³/mol. The van der Waals surface area contributed by atoms with E-state index in [1.165, 1.54) is 32.1 Å². The fourth-order valence-electron chi connectivity index (χ4n) is 2.23. The van der Waals surface area contributed by atoms with Crippen LogP contribution in [0.4, 0.5) is 0 Å². The highest BCUT2D eigenvalue weighted by Crippen LogP contribution is 2.44. The van der Waals surface area contributed by atoms with Crippen molar-refractivity contribution >= 4 is 0 Å². The molecule has 1 aliphatic carbocycles. The third-order valence-corrected chi connectivity index (χ3v) is 3.41. The standard InChI is InChI=1S/C10H19NO/c11-8-10(7-9-1-2-9)3-5-12-6-4-10/h9H,1-8,11H2. The zero-order chi connectivity index (χ0) is 8.44. The van der Waals surface area contributed by atoms with Gasteiger partial charge in [-0.3, -0.25) is 0 Å². The molecule has 2 heteroatoms. The van der Waals surface area contributed by atoms with Crippen molar-refractivity contribution in [1.29, 1.82) is 0 Å². The highest BCUT2D eigenvalue weighted by molar-refractivity contribution is 4.89. The van der Waals surface area contributed by atoms with Gasteiger partial charge in [0.25, 0.3) is 0 Å². The van der Waals surface area contributed by atoms with Gasteiger partial charge in [-0.1, -0.05) is 12.8 Å². The van der Waals surface area contributed by atoms with Gasteiger partial charge in [-0.15, -0.1) is 0 Å². The summed E-state index contributed by atoms with van der Waals surface area (Å²) in [5.41, 5.74) is 6.32. The van der Waals surface area contributed by atoms with Crippen molar-refractivity contribution in [2.75, 3.05) is 19.8 Å². The molecule has 0 aromatic heterocycles. The van der Waals surface area contributed by atoms with Crippen molar-refractivity contribution in [3.8, 4) is 0 Å².